The number of anilines is 2. The van der Waals surface area contributed by atoms with Gasteiger partial charge in [-0.05, 0) is 6.42 Å². The molecule has 1 heterocycles. The number of nitrogen functional groups attached to an aromatic ring is 1. The molecule has 94 valence electrons. The van der Waals surface area contributed by atoms with E-state index in [1.807, 2.05) is 11.8 Å². The lowest BCUT2D eigenvalue weighted by Crippen LogP contribution is -2.38. The van der Waals surface area contributed by atoms with E-state index in [1.54, 1.807) is 31.4 Å². The van der Waals surface area contributed by atoms with Crippen molar-refractivity contribution in [1.82, 2.24) is 14.9 Å². The lowest BCUT2D eigenvalue weighted by molar-refractivity contribution is -0.127. The van der Waals surface area contributed by atoms with Gasteiger partial charge in [-0.2, -0.15) is 0 Å². The van der Waals surface area contributed by atoms with E-state index in [2.05, 4.69) is 9.97 Å². The van der Waals surface area contributed by atoms with Crippen molar-refractivity contribution < 1.29 is 4.79 Å². The lowest BCUT2D eigenvalue weighted by atomic mass is 10.4. The average molecular weight is 237 g/mol. The zero-order chi connectivity index (χ0) is 12.8. The molecule has 1 aromatic rings. The second-order valence-corrected chi connectivity index (χ2v) is 4.03. The molecule has 0 aromatic carbocycles. The smallest absolute Gasteiger partial charge is 0.241 e. The van der Waals surface area contributed by atoms with Gasteiger partial charge in [-0.15, -0.1) is 0 Å². The molecule has 0 saturated heterocycles. The topological polar surface area (TPSA) is 75.4 Å². The Morgan fingerprint density at radius 2 is 1.94 bits per heavy atom. The minimum absolute atomic E-state index is 0.0267. The van der Waals surface area contributed by atoms with Crippen LogP contribution in [0.1, 0.15) is 13.3 Å². The molecule has 6 nitrogen and oxygen atoms in total. The summed E-state index contributed by atoms with van der Waals surface area (Å²) in [5, 5.41) is 0. The molecule has 1 rings (SSSR count). The van der Waals surface area contributed by atoms with E-state index in [0.717, 1.165) is 13.0 Å². The average Bonchev–Trinajstić information content (AvgIpc) is 2.29. The Morgan fingerprint density at radius 1 is 1.35 bits per heavy atom. The van der Waals surface area contributed by atoms with Crippen molar-refractivity contribution in [2.24, 2.45) is 0 Å². The van der Waals surface area contributed by atoms with Gasteiger partial charge in [0.1, 0.15) is 0 Å². The summed E-state index contributed by atoms with van der Waals surface area (Å²) in [5.74, 6) is 0.565. The molecule has 6 heteroatoms. The van der Waals surface area contributed by atoms with Gasteiger partial charge < -0.3 is 15.5 Å². The Labute approximate surface area is 101 Å². The molecule has 0 radical (unpaired) electrons. The van der Waals surface area contributed by atoms with Crippen LogP contribution in [0.5, 0.6) is 0 Å². The monoisotopic (exact) mass is 237 g/mol. The third-order valence-electron chi connectivity index (χ3n) is 2.26. The summed E-state index contributed by atoms with van der Waals surface area (Å²) in [6.07, 6.45) is 4.02. The highest BCUT2D eigenvalue weighted by molar-refractivity contribution is 5.80. The van der Waals surface area contributed by atoms with Crippen molar-refractivity contribution in [3.05, 3.63) is 12.4 Å². The minimum atomic E-state index is 0.0267. The molecule has 17 heavy (non-hydrogen) atoms. The second-order valence-electron chi connectivity index (χ2n) is 4.03. The van der Waals surface area contributed by atoms with Crippen molar-refractivity contribution in [3.8, 4) is 0 Å². The summed E-state index contributed by atoms with van der Waals surface area (Å²) in [6.45, 7) is 3.07. The number of amides is 1. The van der Waals surface area contributed by atoms with Crippen LogP contribution in [0.3, 0.4) is 0 Å². The van der Waals surface area contributed by atoms with E-state index in [9.17, 15) is 4.79 Å². The Morgan fingerprint density at radius 3 is 2.41 bits per heavy atom. The molecular formula is C11H19N5O. The first-order valence-corrected chi connectivity index (χ1v) is 5.57. The molecule has 0 spiro atoms. The molecule has 1 amide bonds. The summed E-state index contributed by atoms with van der Waals surface area (Å²) in [7, 11) is 3.46. The molecular weight excluding hydrogens is 218 g/mol. The number of nitrogens with zero attached hydrogens (tertiary/aromatic N) is 4. The predicted molar refractivity (Wildman–Crippen MR) is 67.6 cm³/mol. The third-order valence-corrected chi connectivity index (χ3v) is 2.26. The highest BCUT2D eigenvalue weighted by atomic mass is 16.2. The van der Waals surface area contributed by atoms with Gasteiger partial charge in [0.05, 0.1) is 24.6 Å². The summed E-state index contributed by atoms with van der Waals surface area (Å²) in [5.41, 5.74) is 6.05. The number of nitrogens with two attached hydrogens (primary N) is 1. The molecule has 0 bridgehead atoms. The molecule has 0 aliphatic heterocycles. The zero-order valence-electron chi connectivity index (χ0n) is 10.6. The van der Waals surface area contributed by atoms with Crippen LogP contribution in [0.25, 0.3) is 0 Å². The molecule has 1 aromatic heterocycles. The number of carbonyl (C=O) groups excluding carboxylic acids is 1. The van der Waals surface area contributed by atoms with Crippen LogP contribution in [-0.2, 0) is 4.79 Å². The summed E-state index contributed by atoms with van der Waals surface area (Å²) >= 11 is 0. The van der Waals surface area contributed by atoms with Crippen LogP contribution in [0, 0.1) is 0 Å². The van der Waals surface area contributed by atoms with Crippen LogP contribution in [-0.4, -0.2) is 48.0 Å². The van der Waals surface area contributed by atoms with Crippen molar-refractivity contribution in [2.75, 3.05) is 37.8 Å². The van der Waals surface area contributed by atoms with Gasteiger partial charge >= 0.3 is 0 Å². The van der Waals surface area contributed by atoms with E-state index in [1.165, 1.54) is 0 Å². The fourth-order valence-electron chi connectivity index (χ4n) is 1.32. The lowest BCUT2D eigenvalue weighted by Gasteiger charge is -2.23. The number of likely N-dealkylation sites (N-methyl/N-ethyl adjacent to an activating group) is 1. The predicted octanol–water partition coefficient (Wildman–Crippen LogP) is 0.363. The van der Waals surface area contributed by atoms with Crippen molar-refractivity contribution in [2.45, 2.75) is 13.3 Å². The standard InChI is InChI=1S/C11H19N5O/c1-4-5-16(8-10(17)15(2)3)11-13-6-9(12)7-14-11/h6-7H,4-5,8,12H2,1-3H3. The van der Waals surface area contributed by atoms with Crippen LogP contribution in [0.2, 0.25) is 0 Å². The Hall–Kier alpha value is -1.85. The molecule has 0 unspecified atom stereocenters. The molecule has 0 aliphatic carbocycles. The van der Waals surface area contributed by atoms with E-state index in [0.29, 0.717) is 11.6 Å². The normalized spacial score (nSPS) is 10.1. The summed E-state index contributed by atoms with van der Waals surface area (Å²) in [6, 6.07) is 0. The van der Waals surface area contributed by atoms with Gasteiger partial charge in [-0.1, -0.05) is 6.92 Å². The van der Waals surface area contributed by atoms with Crippen LogP contribution in [0.15, 0.2) is 12.4 Å². The summed E-state index contributed by atoms with van der Waals surface area (Å²) < 4.78 is 0. The van der Waals surface area contributed by atoms with Gasteiger partial charge in [0.25, 0.3) is 0 Å². The van der Waals surface area contributed by atoms with Crippen LogP contribution >= 0.6 is 0 Å². The van der Waals surface area contributed by atoms with Crippen LogP contribution < -0.4 is 10.6 Å². The number of hydrogen-bond donors (Lipinski definition) is 1. The number of aromatic nitrogens is 2. The second kappa shape index (κ2) is 6.03. The van der Waals surface area contributed by atoms with Crippen LogP contribution in [0.4, 0.5) is 11.6 Å². The maximum Gasteiger partial charge on any atom is 0.241 e. The van der Waals surface area contributed by atoms with Gasteiger partial charge in [-0.25, -0.2) is 9.97 Å². The van der Waals surface area contributed by atoms with Crippen molar-refractivity contribution in [3.63, 3.8) is 0 Å². The van der Waals surface area contributed by atoms with Crippen molar-refractivity contribution in [1.29, 1.82) is 0 Å². The van der Waals surface area contributed by atoms with E-state index in [4.69, 9.17) is 5.73 Å². The largest absolute Gasteiger partial charge is 0.396 e. The molecule has 2 N–H and O–H groups in total. The Kier molecular flexibility index (Phi) is 4.68. The van der Waals surface area contributed by atoms with Gasteiger partial charge in [0.2, 0.25) is 11.9 Å². The fraction of sp³-hybridized carbons (Fsp3) is 0.545. The first kappa shape index (κ1) is 13.2. The summed E-state index contributed by atoms with van der Waals surface area (Å²) in [4.78, 5) is 23.3. The minimum Gasteiger partial charge on any atom is -0.396 e. The van der Waals surface area contributed by atoms with E-state index >= 15 is 0 Å². The fourth-order valence-corrected chi connectivity index (χ4v) is 1.32. The molecule has 0 fully saturated rings. The van der Waals surface area contributed by atoms with Crippen molar-refractivity contribution >= 4 is 17.5 Å². The maximum absolute atomic E-state index is 11.7. The highest BCUT2D eigenvalue weighted by Gasteiger charge is 2.14. The first-order chi connectivity index (χ1) is 8.04. The number of carbonyl (C=O) groups is 1. The third kappa shape index (κ3) is 3.90. The molecule has 0 saturated carbocycles. The maximum atomic E-state index is 11.7. The first-order valence-electron chi connectivity index (χ1n) is 5.57. The van der Waals surface area contributed by atoms with Gasteiger partial charge in [-0.3, -0.25) is 4.79 Å². The van der Waals surface area contributed by atoms with E-state index in [-0.39, 0.29) is 12.5 Å². The zero-order valence-corrected chi connectivity index (χ0v) is 10.6. The highest BCUT2D eigenvalue weighted by Crippen LogP contribution is 2.08. The van der Waals surface area contributed by atoms with Gasteiger partial charge in [0, 0.05) is 20.6 Å². The quantitative estimate of drug-likeness (QED) is 0.800. The Balaban J connectivity index is 2.78. The Bertz CT molecular complexity index is 363. The number of rotatable bonds is 5. The van der Waals surface area contributed by atoms with Gasteiger partial charge in [0.15, 0.2) is 0 Å². The number of hydrogen-bond acceptors (Lipinski definition) is 5. The molecule has 0 aliphatic rings. The SMILES string of the molecule is CCCN(CC(=O)N(C)C)c1ncc(N)cn1. The van der Waals surface area contributed by atoms with E-state index < -0.39 is 0 Å². The molecule has 0 atom stereocenters.